The number of halogens is 1. The number of benzene rings is 3. The molecule has 30 heavy (non-hydrogen) atoms. The number of nitrogens with zero attached hydrogens (tertiary/aromatic N) is 1. The van der Waals surface area contributed by atoms with E-state index in [2.05, 4.69) is 5.32 Å². The molecule has 0 saturated heterocycles. The third kappa shape index (κ3) is 3.67. The zero-order chi connectivity index (χ0) is 21.1. The standard InChI is InChI=1S/C24H19FN2O3/c1-2-30-20-13-11-16(12-14-20)21-22(26-18-8-4-3-5-9-18)24(29)27(23(21)28)19-10-6-7-17(25)15-19/h3-15,26H,2H2,1H3. The van der Waals surface area contributed by atoms with Gasteiger partial charge < -0.3 is 10.1 Å². The summed E-state index contributed by atoms with van der Waals surface area (Å²) in [5.74, 6) is -0.926. The van der Waals surface area contributed by atoms with Crippen LogP contribution < -0.4 is 15.0 Å². The van der Waals surface area contributed by atoms with Gasteiger partial charge in [-0.05, 0) is 55.0 Å². The zero-order valence-corrected chi connectivity index (χ0v) is 16.3. The summed E-state index contributed by atoms with van der Waals surface area (Å²) in [7, 11) is 0. The van der Waals surface area contributed by atoms with Gasteiger partial charge in [0.2, 0.25) is 0 Å². The third-order valence-electron chi connectivity index (χ3n) is 4.65. The first-order valence-corrected chi connectivity index (χ1v) is 9.52. The predicted octanol–water partition coefficient (Wildman–Crippen LogP) is 4.62. The van der Waals surface area contributed by atoms with Crippen LogP contribution in [0.2, 0.25) is 0 Å². The number of rotatable bonds is 6. The molecule has 0 aromatic heterocycles. The van der Waals surface area contributed by atoms with Crippen molar-refractivity contribution in [3.05, 3.63) is 95.9 Å². The Morgan fingerprint density at radius 3 is 2.30 bits per heavy atom. The molecule has 1 aliphatic heterocycles. The number of hydrogen-bond donors (Lipinski definition) is 1. The Hall–Kier alpha value is -3.93. The van der Waals surface area contributed by atoms with Gasteiger partial charge in [0.15, 0.2) is 0 Å². The molecule has 0 aliphatic carbocycles. The fourth-order valence-corrected chi connectivity index (χ4v) is 3.31. The Bertz CT molecular complexity index is 1120. The van der Waals surface area contributed by atoms with Crippen LogP contribution in [0.4, 0.5) is 15.8 Å². The van der Waals surface area contributed by atoms with Crippen molar-refractivity contribution in [2.75, 3.05) is 16.8 Å². The van der Waals surface area contributed by atoms with Crippen LogP contribution in [0.1, 0.15) is 12.5 Å². The molecule has 0 fully saturated rings. The van der Waals surface area contributed by atoms with Crippen LogP contribution in [-0.2, 0) is 9.59 Å². The van der Waals surface area contributed by atoms with Gasteiger partial charge in [-0.15, -0.1) is 0 Å². The number of hydrogen-bond acceptors (Lipinski definition) is 4. The lowest BCUT2D eigenvalue weighted by molar-refractivity contribution is -0.120. The van der Waals surface area contributed by atoms with Crippen LogP contribution in [-0.4, -0.2) is 18.4 Å². The second-order valence-corrected chi connectivity index (χ2v) is 6.62. The molecule has 1 heterocycles. The number of amides is 2. The molecule has 5 nitrogen and oxygen atoms in total. The normalized spacial score (nSPS) is 13.7. The summed E-state index contributed by atoms with van der Waals surface area (Å²) in [6, 6.07) is 21.5. The lowest BCUT2D eigenvalue weighted by Crippen LogP contribution is -2.32. The number of nitrogens with one attached hydrogen (secondary N) is 1. The Labute approximate surface area is 173 Å². The number of ether oxygens (including phenoxy) is 1. The van der Waals surface area contributed by atoms with Crippen molar-refractivity contribution >= 4 is 28.8 Å². The topological polar surface area (TPSA) is 58.6 Å². The maximum absolute atomic E-state index is 13.8. The highest BCUT2D eigenvalue weighted by molar-refractivity contribution is 6.46. The van der Waals surface area contributed by atoms with E-state index in [4.69, 9.17) is 4.74 Å². The quantitative estimate of drug-likeness (QED) is 0.611. The number of imide groups is 1. The summed E-state index contributed by atoms with van der Waals surface area (Å²) in [6.45, 7) is 2.40. The molecule has 0 unspecified atom stereocenters. The molecular weight excluding hydrogens is 383 g/mol. The molecule has 1 N–H and O–H groups in total. The van der Waals surface area contributed by atoms with Crippen LogP contribution in [0.15, 0.2) is 84.6 Å². The van der Waals surface area contributed by atoms with Gasteiger partial charge in [-0.2, -0.15) is 0 Å². The first-order chi connectivity index (χ1) is 14.6. The average molecular weight is 402 g/mol. The van der Waals surface area contributed by atoms with Crippen molar-refractivity contribution in [1.29, 1.82) is 0 Å². The van der Waals surface area contributed by atoms with Gasteiger partial charge in [-0.25, -0.2) is 9.29 Å². The van der Waals surface area contributed by atoms with E-state index >= 15 is 0 Å². The van der Waals surface area contributed by atoms with Crippen LogP contribution in [0, 0.1) is 5.82 Å². The monoisotopic (exact) mass is 402 g/mol. The van der Waals surface area contributed by atoms with Gasteiger partial charge in [0, 0.05) is 5.69 Å². The Morgan fingerprint density at radius 2 is 1.63 bits per heavy atom. The van der Waals surface area contributed by atoms with Crippen LogP contribution >= 0.6 is 0 Å². The van der Waals surface area contributed by atoms with E-state index in [1.54, 1.807) is 36.4 Å². The molecule has 1 aliphatic rings. The van der Waals surface area contributed by atoms with Crippen molar-refractivity contribution in [2.45, 2.75) is 6.92 Å². The van der Waals surface area contributed by atoms with Crippen molar-refractivity contribution in [1.82, 2.24) is 0 Å². The fraction of sp³-hybridized carbons (Fsp3) is 0.0833. The van der Waals surface area contributed by atoms with E-state index in [0.29, 0.717) is 23.6 Å². The van der Waals surface area contributed by atoms with Gasteiger partial charge in [-0.3, -0.25) is 9.59 Å². The maximum atomic E-state index is 13.8. The minimum Gasteiger partial charge on any atom is -0.494 e. The van der Waals surface area contributed by atoms with Gasteiger partial charge in [-0.1, -0.05) is 36.4 Å². The highest BCUT2D eigenvalue weighted by Crippen LogP contribution is 2.34. The predicted molar refractivity (Wildman–Crippen MR) is 113 cm³/mol. The molecule has 3 aromatic rings. The summed E-state index contributed by atoms with van der Waals surface area (Å²) in [5.41, 5.74) is 1.77. The van der Waals surface area contributed by atoms with E-state index in [1.165, 1.54) is 18.2 Å². The summed E-state index contributed by atoms with van der Waals surface area (Å²) in [5, 5.41) is 3.07. The SMILES string of the molecule is CCOc1ccc(C2=C(Nc3ccccc3)C(=O)N(c3cccc(F)c3)C2=O)cc1. The molecule has 150 valence electrons. The molecular formula is C24H19FN2O3. The summed E-state index contributed by atoms with van der Waals surface area (Å²) in [6.07, 6.45) is 0. The van der Waals surface area contributed by atoms with E-state index in [0.717, 1.165) is 11.0 Å². The fourth-order valence-electron chi connectivity index (χ4n) is 3.31. The molecule has 0 atom stereocenters. The molecule has 4 rings (SSSR count). The molecule has 0 radical (unpaired) electrons. The van der Waals surface area contributed by atoms with Crippen LogP contribution in [0.5, 0.6) is 5.75 Å². The summed E-state index contributed by atoms with van der Waals surface area (Å²) in [4.78, 5) is 27.5. The zero-order valence-electron chi connectivity index (χ0n) is 16.3. The summed E-state index contributed by atoms with van der Waals surface area (Å²) < 4.78 is 19.2. The molecule has 0 saturated carbocycles. The lowest BCUT2D eigenvalue weighted by atomic mass is 10.0. The molecule has 0 bridgehead atoms. The smallest absolute Gasteiger partial charge is 0.282 e. The van der Waals surface area contributed by atoms with Crippen molar-refractivity contribution in [3.63, 3.8) is 0 Å². The molecule has 6 heteroatoms. The van der Waals surface area contributed by atoms with E-state index < -0.39 is 17.6 Å². The first kappa shape index (κ1) is 19.4. The van der Waals surface area contributed by atoms with Gasteiger partial charge in [0.05, 0.1) is 17.9 Å². The second-order valence-electron chi connectivity index (χ2n) is 6.62. The lowest BCUT2D eigenvalue weighted by Gasteiger charge is -2.15. The van der Waals surface area contributed by atoms with Gasteiger partial charge in [0.1, 0.15) is 17.3 Å². The Morgan fingerprint density at radius 1 is 0.900 bits per heavy atom. The van der Waals surface area contributed by atoms with E-state index in [9.17, 15) is 14.0 Å². The molecule has 2 amide bonds. The van der Waals surface area contributed by atoms with Crippen molar-refractivity contribution in [2.24, 2.45) is 0 Å². The van der Waals surface area contributed by atoms with E-state index in [1.807, 2.05) is 25.1 Å². The average Bonchev–Trinajstić information content (AvgIpc) is 2.99. The van der Waals surface area contributed by atoms with Gasteiger partial charge in [0.25, 0.3) is 11.8 Å². The number of carbonyl (C=O) groups excluding carboxylic acids is 2. The second kappa shape index (κ2) is 8.21. The highest BCUT2D eigenvalue weighted by Gasteiger charge is 2.40. The number of para-hydroxylation sites is 1. The molecule has 0 spiro atoms. The summed E-state index contributed by atoms with van der Waals surface area (Å²) >= 11 is 0. The minimum absolute atomic E-state index is 0.139. The van der Waals surface area contributed by atoms with E-state index in [-0.39, 0.29) is 17.0 Å². The van der Waals surface area contributed by atoms with Crippen LogP contribution in [0.3, 0.4) is 0 Å². The third-order valence-corrected chi connectivity index (χ3v) is 4.65. The highest BCUT2D eigenvalue weighted by atomic mass is 19.1. The van der Waals surface area contributed by atoms with Crippen molar-refractivity contribution in [3.8, 4) is 5.75 Å². The number of anilines is 2. The Balaban J connectivity index is 1.79. The van der Waals surface area contributed by atoms with Crippen LogP contribution in [0.25, 0.3) is 5.57 Å². The molecule has 3 aromatic carbocycles. The van der Waals surface area contributed by atoms with Gasteiger partial charge >= 0.3 is 0 Å². The van der Waals surface area contributed by atoms with Crippen molar-refractivity contribution < 1.29 is 18.7 Å². The Kier molecular flexibility index (Phi) is 5.30. The minimum atomic E-state index is -0.543. The largest absolute Gasteiger partial charge is 0.494 e. The first-order valence-electron chi connectivity index (χ1n) is 9.52. The maximum Gasteiger partial charge on any atom is 0.282 e. The number of carbonyl (C=O) groups is 2.